The number of rotatable bonds is 6. The van der Waals surface area contributed by atoms with Crippen LogP contribution in [0.1, 0.15) is 0 Å². The molecular formula is C50H33NO. The second kappa shape index (κ2) is 12.5. The minimum absolute atomic E-state index is 0.870. The van der Waals surface area contributed by atoms with Gasteiger partial charge in [-0.25, -0.2) is 0 Å². The highest BCUT2D eigenvalue weighted by atomic mass is 16.3. The van der Waals surface area contributed by atoms with Gasteiger partial charge in [-0.05, 0) is 98.1 Å². The molecule has 0 saturated carbocycles. The Morgan fingerprint density at radius 3 is 1.69 bits per heavy atom. The van der Waals surface area contributed by atoms with Crippen LogP contribution in [0.5, 0.6) is 0 Å². The summed E-state index contributed by atoms with van der Waals surface area (Å²) >= 11 is 0. The third kappa shape index (κ3) is 5.21. The maximum atomic E-state index is 6.65. The molecule has 0 fully saturated rings. The van der Waals surface area contributed by atoms with Crippen molar-refractivity contribution < 1.29 is 4.42 Å². The zero-order valence-corrected chi connectivity index (χ0v) is 28.4. The number of benzene rings is 9. The highest BCUT2D eigenvalue weighted by Gasteiger charge is 2.21. The number of hydrogen-bond acceptors (Lipinski definition) is 2. The molecule has 2 heteroatoms. The number of nitrogens with zero attached hydrogens (tertiary/aromatic N) is 1. The lowest BCUT2D eigenvalue weighted by molar-refractivity contribution is 0.672. The average Bonchev–Trinajstić information content (AvgIpc) is 3.62. The van der Waals surface area contributed by atoms with Crippen molar-refractivity contribution >= 4 is 60.5 Å². The van der Waals surface area contributed by atoms with E-state index in [2.05, 4.69) is 205 Å². The van der Waals surface area contributed by atoms with Crippen molar-refractivity contribution in [1.29, 1.82) is 0 Å². The van der Waals surface area contributed by atoms with Gasteiger partial charge in [0.1, 0.15) is 11.2 Å². The summed E-state index contributed by atoms with van der Waals surface area (Å²) < 4.78 is 6.65. The Bertz CT molecular complexity index is 2890. The molecule has 1 heterocycles. The van der Waals surface area contributed by atoms with Crippen molar-refractivity contribution in [2.24, 2.45) is 0 Å². The van der Waals surface area contributed by atoms with E-state index in [0.29, 0.717) is 0 Å². The fourth-order valence-electron chi connectivity index (χ4n) is 7.63. The van der Waals surface area contributed by atoms with Gasteiger partial charge in [0.25, 0.3) is 0 Å². The van der Waals surface area contributed by atoms with Crippen LogP contribution in [0.3, 0.4) is 0 Å². The lowest BCUT2D eigenvalue weighted by Crippen LogP contribution is -2.10. The van der Waals surface area contributed by atoms with E-state index in [1.165, 1.54) is 49.5 Å². The van der Waals surface area contributed by atoms with Gasteiger partial charge in [-0.2, -0.15) is 0 Å². The van der Waals surface area contributed by atoms with E-state index in [1.807, 2.05) is 0 Å². The van der Waals surface area contributed by atoms with Gasteiger partial charge in [0.05, 0.1) is 11.1 Å². The Morgan fingerprint density at radius 1 is 0.327 bits per heavy atom. The van der Waals surface area contributed by atoms with Crippen molar-refractivity contribution in [3.8, 4) is 33.4 Å². The molecule has 9 aromatic carbocycles. The first kappa shape index (κ1) is 30.0. The molecule has 52 heavy (non-hydrogen) atoms. The van der Waals surface area contributed by atoms with Crippen LogP contribution in [0, 0.1) is 0 Å². The zero-order valence-electron chi connectivity index (χ0n) is 28.4. The average molecular weight is 664 g/mol. The van der Waals surface area contributed by atoms with Crippen LogP contribution >= 0.6 is 0 Å². The Balaban J connectivity index is 1.12. The zero-order chi connectivity index (χ0) is 34.4. The summed E-state index contributed by atoms with van der Waals surface area (Å²) in [6.07, 6.45) is 0. The summed E-state index contributed by atoms with van der Waals surface area (Å²) in [6.45, 7) is 0. The fraction of sp³-hybridized carbons (Fsp3) is 0. The molecular weight excluding hydrogens is 631 g/mol. The van der Waals surface area contributed by atoms with Gasteiger partial charge < -0.3 is 9.32 Å². The minimum atomic E-state index is 0.870. The summed E-state index contributed by atoms with van der Waals surface area (Å²) in [5.74, 6) is 0. The summed E-state index contributed by atoms with van der Waals surface area (Å²) in [6, 6.07) is 71.7. The van der Waals surface area contributed by atoms with Gasteiger partial charge >= 0.3 is 0 Å². The standard InChI is InChI=1S/C50H33NO/c1-2-10-34(11-3-1)36-20-22-37(23-21-36)38-26-29-43(30-27-38)51(44-16-8-15-41(33-44)42-25-24-35-12-4-5-14-40(35)32-42)47-18-9-19-48-49(47)46-31-28-39-13-6-7-17-45(39)50(46)52-48/h1-33H. The molecule has 0 radical (unpaired) electrons. The normalized spacial score (nSPS) is 11.5. The molecule has 0 atom stereocenters. The lowest BCUT2D eigenvalue weighted by Gasteiger charge is -2.27. The van der Waals surface area contributed by atoms with E-state index in [4.69, 9.17) is 4.42 Å². The molecule has 0 unspecified atom stereocenters. The number of furan rings is 1. The Kier molecular flexibility index (Phi) is 7.18. The molecule has 0 N–H and O–H groups in total. The number of fused-ring (bicyclic) bond motifs is 6. The van der Waals surface area contributed by atoms with E-state index in [-0.39, 0.29) is 0 Å². The van der Waals surface area contributed by atoms with Crippen LogP contribution in [-0.4, -0.2) is 0 Å². The van der Waals surface area contributed by atoms with E-state index in [0.717, 1.165) is 44.4 Å². The molecule has 10 rings (SSSR count). The third-order valence-corrected chi connectivity index (χ3v) is 10.2. The van der Waals surface area contributed by atoms with E-state index in [9.17, 15) is 0 Å². The van der Waals surface area contributed by atoms with Crippen molar-refractivity contribution in [2.45, 2.75) is 0 Å². The molecule has 244 valence electrons. The van der Waals surface area contributed by atoms with E-state index in [1.54, 1.807) is 0 Å². The molecule has 0 aliphatic heterocycles. The Morgan fingerprint density at radius 2 is 0.904 bits per heavy atom. The van der Waals surface area contributed by atoms with E-state index >= 15 is 0 Å². The molecule has 0 bridgehead atoms. The number of hydrogen-bond donors (Lipinski definition) is 0. The first-order valence-corrected chi connectivity index (χ1v) is 17.8. The van der Waals surface area contributed by atoms with Crippen molar-refractivity contribution in [2.75, 3.05) is 4.90 Å². The van der Waals surface area contributed by atoms with Crippen molar-refractivity contribution in [1.82, 2.24) is 0 Å². The SMILES string of the molecule is c1ccc(-c2ccc(-c3ccc(N(c4cccc(-c5ccc6ccccc6c5)c4)c4cccc5oc6c7ccccc7ccc6c45)cc3)cc2)cc1. The molecule has 0 saturated heterocycles. The summed E-state index contributed by atoms with van der Waals surface area (Å²) in [7, 11) is 0. The lowest BCUT2D eigenvalue weighted by atomic mass is 9.99. The summed E-state index contributed by atoms with van der Waals surface area (Å²) in [4.78, 5) is 2.37. The molecule has 0 amide bonds. The maximum Gasteiger partial charge on any atom is 0.143 e. The quantitative estimate of drug-likeness (QED) is 0.176. The van der Waals surface area contributed by atoms with Crippen molar-refractivity contribution in [3.63, 3.8) is 0 Å². The van der Waals surface area contributed by atoms with Gasteiger partial charge in [-0.1, -0.05) is 152 Å². The first-order valence-electron chi connectivity index (χ1n) is 17.8. The predicted molar refractivity (Wildman–Crippen MR) is 220 cm³/mol. The second-order valence-electron chi connectivity index (χ2n) is 13.4. The first-order chi connectivity index (χ1) is 25.8. The molecule has 0 aliphatic rings. The highest BCUT2D eigenvalue weighted by Crippen LogP contribution is 2.45. The van der Waals surface area contributed by atoms with Gasteiger partial charge in [0, 0.05) is 22.1 Å². The second-order valence-corrected chi connectivity index (χ2v) is 13.4. The topological polar surface area (TPSA) is 16.4 Å². The molecule has 10 aromatic rings. The molecule has 0 spiro atoms. The van der Waals surface area contributed by atoms with Crippen LogP contribution in [0.15, 0.2) is 205 Å². The molecule has 0 aliphatic carbocycles. The van der Waals surface area contributed by atoms with Crippen LogP contribution in [-0.2, 0) is 0 Å². The van der Waals surface area contributed by atoms with Crippen LogP contribution in [0.2, 0.25) is 0 Å². The van der Waals surface area contributed by atoms with Gasteiger partial charge in [0.15, 0.2) is 0 Å². The minimum Gasteiger partial charge on any atom is -0.455 e. The molecule has 1 aromatic heterocycles. The fourth-order valence-corrected chi connectivity index (χ4v) is 7.63. The monoisotopic (exact) mass is 663 g/mol. The summed E-state index contributed by atoms with van der Waals surface area (Å²) in [5, 5.41) is 6.97. The highest BCUT2D eigenvalue weighted by molar-refractivity contribution is 6.19. The molecule has 2 nitrogen and oxygen atoms in total. The van der Waals surface area contributed by atoms with Crippen molar-refractivity contribution in [3.05, 3.63) is 200 Å². The van der Waals surface area contributed by atoms with E-state index < -0.39 is 0 Å². The maximum absolute atomic E-state index is 6.65. The van der Waals surface area contributed by atoms with Gasteiger partial charge in [0.2, 0.25) is 0 Å². The third-order valence-electron chi connectivity index (χ3n) is 10.2. The van der Waals surface area contributed by atoms with Gasteiger partial charge in [-0.3, -0.25) is 0 Å². The van der Waals surface area contributed by atoms with Crippen LogP contribution in [0.25, 0.3) is 76.9 Å². The Hall–Kier alpha value is -6.90. The Labute approximate surface area is 302 Å². The number of anilines is 3. The van der Waals surface area contributed by atoms with Gasteiger partial charge in [-0.15, -0.1) is 0 Å². The van der Waals surface area contributed by atoms with Crippen LogP contribution < -0.4 is 4.90 Å². The predicted octanol–water partition coefficient (Wildman–Crippen LogP) is 14.4. The van der Waals surface area contributed by atoms with Crippen LogP contribution in [0.4, 0.5) is 17.1 Å². The smallest absolute Gasteiger partial charge is 0.143 e. The summed E-state index contributed by atoms with van der Waals surface area (Å²) in [5.41, 5.74) is 12.2. The largest absolute Gasteiger partial charge is 0.455 e.